The normalized spacial score (nSPS) is 18.9. The number of aliphatic carboxylic acids is 1. The first-order valence-electron chi connectivity index (χ1n) is 8.85. The van der Waals surface area contributed by atoms with Gasteiger partial charge in [-0.25, -0.2) is 0 Å². The van der Waals surface area contributed by atoms with Crippen LogP contribution in [0.15, 0.2) is 60.9 Å². The van der Waals surface area contributed by atoms with E-state index in [1.165, 1.54) is 11.1 Å². The van der Waals surface area contributed by atoms with E-state index < -0.39 is 5.97 Å². The topological polar surface area (TPSA) is 53.4 Å². The van der Waals surface area contributed by atoms with Crippen LogP contribution < -0.4 is 0 Å². The Balaban J connectivity index is 1.70. The molecule has 25 heavy (non-hydrogen) atoms. The van der Waals surface area contributed by atoms with Gasteiger partial charge in [0.15, 0.2) is 0 Å². The van der Waals surface area contributed by atoms with E-state index >= 15 is 0 Å². The van der Waals surface area contributed by atoms with E-state index in [2.05, 4.69) is 28.1 Å². The van der Waals surface area contributed by atoms with Crippen LogP contribution in [0.1, 0.15) is 30.4 Å². The molecule has 4 heteroatoms. The highest BCUT2D eigenvalue weighted by molar-refractivity contribution is 5.79. The van der Waals surface area contributed by atoms with Crippen molar-refractivity contribution in [3.05, 3.63) is 72.1 Å². The number of likely N-dealkylation sites (tertiary alicyclic amines) is 1. The summed E-state index contributed by atoms with van der Waals surface area (Å²) in [5.41, 5.74) is 3.55. The van der Waals surface area contributed by atoms with Gasteiger partial charge in [0.1, 0.15) is 0 Å². The number of carboxylic acids is 1. The second kappa shape index (κ2) is 8.58. The van der Waals surface area contributed by atoms with Gasteiger partial charge in [-0.05, 0) is 54.6 Å². The number of rotatable bonds is 6. The smallest absolute Gasteiger partial charge is 0.307 e. The maximum Gasteiger partial charge on any atom is 0.307 e. The third kappa shape index (κ3) is 4.77. The molecule has 130 valence electrons. The summed E-state index contributed by atoms with van der Waals surface area (Å²) >= 11 is 0. The summed E-state index contributed by atoms with van der Waals surface area (Å²) in [6.45, 7) is 2.55. The molecule has 1 saturated heterocycles. The Morgan fingerprint density at radius 2 is 1.88 bits per heavy atom. The number of nitrogens with zero attached hydrogens (tertiary/aromatic N) is 2. The maximum absolute atomic E-state index is 11.2. The molecule has 1 atom stereocenters. The lowest BCUT2D eigenvalue weighted by Gasteiger charge is -2.30. The summed E-state index contributed by atoms with van der Waals surface area (Å²) in [6.07, 6.45) is 8.56. The lowest BCUT2D eigenvalue weighted by Crippen LogP contribution is -2.39. The fourth-order valence-electron chi connectivity index (χ4n) is 3.40. The SMILES string of the molecule is O=C(O)C1CCCN(CC/C=C(/c2ccccc2)c2ccncc2)C1. The molecule has 3 rings (SSSR count). The molecule has 0 aliphatic carbocycles. The standard InChI is InChI=1S/C21H24N2O2/c24-21(25)19-8-4-14-23(16-19)15-5-9-20(17-6-2-1-3-7-17)18-10-12-22-13-11-18/h1-3,6-7,9-13,19H,4-5,8,14-16H2,(H,24,25)/b20-9-. The molecule has 0 bridgehead atoms. The molecule has 1 N–H and O–H groups in total. The van der Waals surface area contributed by atoms with Gasteiger partial charge in [-0.15, -0.1) is 0 Å². The largest absolute Gasteiger partial charge is 0.481 e. The Hall–Kier alpha value is -2.46. The lowest BCUT2D eigenvalue weighted by molar-refractivity contribution is -0.143. The molecular formula is C21H24N2O2. The molecule has 1 aromatic heterocycles. The van der Waals surface area contributed by atoms with E-state index in [-0.39, 0.29) is 5.92 Å². The van der Waals surface area contributed by atoms with Crippen molar-refractivity contribution >= 4 is 11.5 Å². The Morgan fingerprint density at radius 1 is 1.16 bits per heavy atom. The Bertz CT molecular complexity index is 672. The number of carbonyl (C=O) groups is 1. The van der Waals surface area contributed by atoms with Gasteiger partial charge >= 0.3 is 5.97 Å². The molecule has 2 aromatic rings. The van der Waals surface area contributed by atoms with Crippen molar-refractivity contribution in [2.75, 3.05) is 19.6 Å². The summed E-state index contributed by atoms with van der Waals surface area (Å²) < 4.78 is 0. The number of pyridine rings is 1. The van der Waals surface area contributed by atoms with E-state index in [1.807, 2.05) is 42.7 Å². The molecule has 0 saturated carbocycles. The first-order chi connectivity index (χ1) is 12.2. The first kappa shape index (κ1) is 17.4. The molecule has 1 aromatic carbocycles. The molecular weight excluding hydrogens is 312 g/mol. The third-order valence-electron chi connectivity index (χ3n) is 4.72. The number of hydrogen-bond acceptors (Lipinski definition) is 3. The summed E-state index contributed by atoms with van der Waals surface area (Å²) in [4.78, 5) is 17.6. The number of hydrogen-bond donors (Lipinski definition) is 1. The fraction of sp³-hybridized carbons (Fsp3) is 0.333. The van der Waals surface area contributed by atoms with Crippen molar-refractivity contribution in [1.29, 1.82) is 0 Å². The molecule has 2 heterocycles. The minimum Gasteiger partial charge on any atom is -0.481 e. The van der Waals surface area contributed by atoms with Crippen molar-refractivity contribution in [2.24, 2.45) is 5.92 Å². The molecule has 0 radical (unpaired) electrons. The molecule has 1 aliphatic rings. The van der Waals surface area contributed by atoms with Crippen LogP contribution >= 0.6 is 0 Å². The van der Waals surface area contributed by atoms with Gasteiger partial charge in [0.25, 0.3) is 0 Å². The summed E-state index contributed by atoms with van der Waals surface area (Å²) in [5, 5.41) is 9.22. The predicted molar refractivity (Wildman–Crippen MR) is 99.2 cm³/mol. The zero-order chi connectivity index (χ0) is 17.5. The molecule has 1 fully saturated rings. The zero-order valence-electron chi connectivity index (χ0n) is 14.3. The highest BCUT2D eigenvalue weighted by Crippen LogP contribution is 2.24. The Kier molecular flexibility index (Phi) is 5.96. The van der Waals surface area contributed by atoms with Gasteiger partial charge in [-0.2, -0.15) is 0 Å². The highest BCUT2D eigenvalue weighted by atomic mass is 16.4. The van der Waals surface area contributed by atoms with Crippen molar-refractivity contribution < 1.29 is 9.90 Å². The van der Waals surface area contributed by atoms with Crippen molar-refractivity contribution in [3.8, 4) is 0 Å². The van der Waals surface area contributed by atoms with Crippen LogP contribution in [-0.2, 0) is 4.79 Å². The monoisotopic (exact) mass is 336 g/mol. The third-order valence-corrected chi connectivity index (χ3v) is 4.72. The number of carboxylic acid groups (broad SMARTS) is 1. The second-order valence-corrected chi connectivity index (χ2v) is 6.49. The van der Waals surface area contributed by atoms with Gasteiger partial charge in [-0.3, -0.25) is 9.78 Å². The van der Waals surface area contributed by atoms with E-state index in [0.717, 1.165) is 37.9 Å². The van der Waals surface area contributed by atoms with Crippen molar-refractivity contribution in [3.63, 3.8) is 0 Å². The number of piperidine rings is 1. The van der Waals surface area contributed by atoms with Crippen LogP contribution in [0.2, 0.25) is 0 Å². The second-order valence-electron chi connectivity index (χ2n) is 6.49. The van der Waals surface area contributed by atoms with Crippen LogP contribution in [-0.4, -0.2) is 40.6 Å². The molecule has 0 amide bonds. The molecule has 1 aliphatic heterocycles. The summed E-state index contributed by atoms with van der Waals surface area (Å²) in [5.74, 6) is -0.881. The zero-order valence-corrected chi connectivity index (χ0v) is 14.3. The van der Waals surface area contributed by atoms with Crippen molar-refractivity contribution in [2.45, 2.75) is 19.3 Å². The van der Waals surface area contributed by atoms with Crippen LogP contribution in [0.3, 0.4) is 0 Å². The van der Waals surface area contributed by atoms with E-state index in [1.54, 1.807) is 0 Å². The van der Waals surface area contributed by atoms with Gasteiger partial charge in [0.2, 0.25) is 0 Å². The van der Waals surface area contributed by atoms with Gasteiger partial charge in [0.05, 0.1) is 5.92 Å². The fourth-order valence-corrected chi connectivity index (χ4v) is 3.40. The van der Waals surface area contributed by atoms with Gasteiger partial charge < -0.3 is 10.0 Å². The van der Waals surface area contributed by atoms with Crippen molar-refractivity contribution in [1.82, 2.24) is 9.88 Å². The molecule has 4 nitrogen and oxygen atoms in total. The lowest BCUT2D eigenvalue weighted by atomic mass is 9.96. The van der Waals surface area contributed by atoms with Gasteiger partial charge in [0, 0.05) is 25.5 Å². The molecule has 1 unspecified atom stereocenters. The maximum atomic E-state index is 11.2. The number of benzene rings is 1. The number of aromatic nitrogens is 1. The summed E-state index contributed by atoms with van der Waals surface area (Å²) in [7, 11) is 0. The summed E-state index contributed by atoms with van der Waals surface area (Å²) in [6, 6.07) is 14.4. The molecule has 0 spiro atoms. The quantitative estimate of drug-likeness (QED) is 0.874. The minimum absolute atomic E-state index is 0.216. The Morgan fingerprint density at radius 3 is 2.60 bits per heavy atom. The average Bonchev–Trinajstić information content (AvgIpc) is 2.67. The van der Waals surface area contributed by atoms with Crippen LogP contribution in [0.25, 0.3) is 5.57 Å². The van der Waals surface area contributed by atoms with Gasteiger partial charge in [-0.1, -0.05) is 36.4 Å². The minimum atomic E-state index is -0.665. The Labute approximate surface area is 148 Å². The average molecular weight is 336 g/mol. The van der Waals surface area contributed by atoms with Crippen LogP contribution in [0.4, 0.5) is 0 Å². The highest BCUT2D eigenvalue weighted by Gasteiger charge is 2.24. The predicted octanol–water partition coefficient (Wildman–Crippen LogP) is 3.70. The van der Waals surface area contributed by atoms with E-state index in [4.69, 9.17) is 0 Å². The van der Waals surface area contributed by atoms with E-state index in [9.17, 15) is 9.90 Å². The first-order valence-corrected chi connectivity index (χ1v) is 8.85. The van der Waals surface area contributed by atoms with Crippen LogP contribution in [0.5, 0.6) is 0 Å². The van der Waals surface area contributed by atoms with Crippen LogP contribution in [0, 0.1) is 5.92 Å². The van der Waals surface area contributed by atoms with E-state index in [0.29, 0.717) is 6.54 Å².